The van der Waals surface area contributed by atoms with Gasteiger partial charge in [-0.2, -0.15) is 18.3 Å². The van der Waals surface area contributed by atoms with E-state index in [-0.39, 0.29) is 22.8 Å². The lowest BCUT2D eigenvalue weighted by Gasteiger charge is -2.11. The molecule has 0 saturated heterocycles. The van der Waals surface area contributed by atoms with Gasteiger partial charge in [0.2, 0.25) is 0 Å². The third-order valence-electron chi connectivity index (χ3n) is 3.20. The van der Waals surface area contributed by atoms with Crippen molar-refractivity contribution in [3.63, 3.8) is 0 Å². The lowest BCUT2D eigenvalue weighted by molar-refractivity contribution is -0.142. The van der Waals surface area contributed by atoms with E-state index in [9.17, 15) is 23.4 Å². The molecular formula is C16H11F3N2O3. The molecule has 0 aliphatic carbocycles. The van der Waals surface area contributed by atoms with Gasteiger partial charge < -0.3 is 14.9 Å². The average Bonchev–Trinajstić information content (AvgIpc) is 2.92. The monoisotopic (exact) mass is 336 g/mol. The lowest BCUT2D eigenvalue weighted by atomic mass is 10.1. The lowest BCUT2D eigenvalue weighted by Crippen LogP contribution is -2.07. The van der Waals surface area contributed by atoms with Crippen molar-refractivity contribution in [1.29, 1.82) is 0 Å². The quantitative estimate of drug-likeness (QED) is 0.666. The third-order valence-corrected chi connectivity index (χ3v) is 3.20. The van der Waals surface area contributed by atoms with Crippen molar-refractivity contribution in [3.8, 4) is 34.3 Å². The topological polar surface area (TPSA) is 78.4 Å². The number of phenolic OH excluding ortho intramolecular Hbond substituents is 2. The molecule has 3 rings (SSSR count). The second-order valence-electron chi connectivity index (χ2n) is 4.89. The summed E-state index contributed by atoms with van der Waals surface area (Å²) in [4.78, 5) is 0. The molecule has 0 saturated carbocycles. The van der Waals surface area contributed by atoms with E-state index in [2.05, 4.69) is 5.10 Å². The highest BCUT2D eigenvalue weighted by atomic mass is 19.4. The van der Waals surface area contributed by atoms with Crippen molar-refractivity contribution in [2.75, 3.05) is 0 Å². The van der Waals surface area contributed by atoms with Crippen LogP contribution >= 0.6 is 0 Å². The van der Waals surface area contributed by atoms with Crippen molar-refractivity contribution in [3.05, 3.63) is 54.2 Å². The molecule has 0 aliphatic rings. The molecule has 1 aromatic heterocycles. The first-order valence-electron chi connectivity index (χ1n) is 6.77. The first-order chi connectivity index (χ1) is 11.4. The van der Waals surface area contributed by atoms with Gasteiger partial charge in [0.15, 0.2) is 11.4 Å². The Hall–Kier alpha value is -3.16. The molecule has 3 aromatic rings. The Kier molecular flexibility index (Phi) is 3.80. The van der Waals surface area contributed by atoms with Gasteiger partial charge in [-0.05, 0) is 24.3 Å². The molecule has 124 valence electrons. The van der Waals surface area contributed by atoms with Crippen molar-refractivity contribution in [1.82, 2.24) is 10.2 Å². The number of H-pyrrole nitrogens is 1. The highest BCUT2D eigenvalue weighted by molar-refractivity contribution is 5.74. The van der Waals surface area contributed by atoms with E-state index < -0.39 is 23.4 Å². The van der Waals surface area contributed by atoms with Crippen LogP contribution in [0.4, 0.5) is 13.2 Å². The highest BCUT2D eigenvalue weighted by Crippen LogP contribution is 2.44. The van der Waals surface area contributed by atoms with Crippen LogP contribution in [0.2, 0.25) is 0 Å². The largest absolute Gasteiger partial charge is 0.508 e. The third kappa shape index (κ3) is 2.98. The summed E-state index contributed by atoms with van der Waals surface area (Å²) in [6, 6.07) is 11.4. The van der Waals surface area contributed by atoms with Crippen molar-refractivity contribution < 1.29 is 28.1 Å². The SMILES string of the molecule is Oc1ccc(-c2n[nH]c(C(F)(F)F)c2Oc2ccccc2)c(O)c1. The van der Waals surface area contributed by atoms with E-state index in [0.29, 0.717) is 0 Å². The second-order valence-corrected chi connectivity index (χ2v) is 4.89. The standard InChI is InChI=1S/C16H11F3N2O3/c17-16(18,19)15-14(24-10-4-2-1-3-5-10)13(20-21-15)11-7-6-9(22)8-12(11)23/h1-8,22-23H,(H,20,21). The first kappa shape index (κ1) is 15.7. The zero-order chi connectivity index (χ0) is 17.3. The predicted octanol–water partition coefficient (Wildman–Crippen LogP) is 4.30. The van der Waals surface area contributed by atoms with Crippen LogP contribution in [-0.4, -0.2) is 20.4 Å². The molecule has 0 aliphatic heterocycles. The summed E-state index contributed by atoms with van der Waals surface area (Å²) >= 11 is 0. The number of aromatic nitrogens is 2. The van der Waals surface area contributed by atoms with Crippen LogP contribution < -0.4 is 4.74 Å². The molecule has 0 atom stereocenters. The van der Waals surface area contributed by atoms with Crippen LogP contribution in [0.5, 0.6) is 23.0 Å². The van der Waals surface area contributed by atoms with Gasteiger partial charge in [-0.15, -0.1) is 0 Å². The molecule has 5 nitrogen and oxygen atoms in total. The summed E-state index contributed by atoms with van der Waals surface area (Å²) in [7, 11) is 0. The molecule has 3 N–H and O–H groups in total. The van der Waals surface area contributed by atoms with Gasteiger partial charge in [0.05, 0.1) is 0 Å². The molecule has 8 heteroatoms. The van der Waals surface area contributed by atoms with Crippen molar-refractivity contribution in [2.24, 2.45) is 0 Å². The molecule has 24 heavy (non-hydrogen) atoms. The molecule has 0 unspecified atom stereocenters. The summed E-state index contributed by atoms with van der Waals surface area (Å²) in [5.74, 6) is -1.03. The number of benzene rings is 2. The van der Waals surface area contributed by atoms with Crippen molar-refractivity contribution in [2.45, 2.75) is 6.18 Å². The highest BCUT2D eigenvalue weighted by Gasteiger charge is 2.39. The zero-order valence-corrected chi connectivity index (χ0v) is 12.0. The Morgan fingerprint density at radius 3 is 2.33 bits per heavy atom. The van der Waals surface area contributed by atoms with E-state index in [1.165, 1.54) is 24.3 Å². The van der Waals surface area contributed by atoms with Crippen LogP contribution in [-0.2, 0) is 6.18 Å². The molecule has 0 amide bonds. The molecule has 0 radical (unpaired) electrons. The Morgan fingerprint density at radius 1 is 1.00 bits per heavy atom. The fraction of sp³-hybridized carbons (Fsp3) is 0.0625. The average molecular weight is 336 g/mol. The Morgan fingerprint density at radius 2 is 1.71 bits per heavy atom. The molecule has 0 fully saturated rings. The number of nitrogens with one attached hydrogen (secondary N) is 1. The van der Waals surface area contributed by atoms with E-state index in [0.717, 1.165) is 6.07 Å². The molecule has 2 aromatic carbocycles. The predicted molar refractivity (Wildman–Crippen MR) is 78.9 cm³/mol. The van der Waals surface area contributed by atoms with Gasteiger partial charge >= 0.3 is 6.18 Å². The van der Waals surface area contributed by atoms with E-state index in [1.54, 1.807) is 18.2 Å². The minimum atomic E-state index is -4.72. The number of aromatic amines is 1. The summed E-state index contributed by atoms with van der Waals surface area (Å²) in [6.45, 7) is 0. The van der Waals surface area contributed by atoms with Crippen molar-refractivity contribution >= 4 is 0 Å². The fourth-order valence-corrected chi connectivity index (χ4v) is 2.13. The second kappa shape index (κ2) is 5.80. The maximum absolute atomic E-state index is 13.2. The van der Waals surface area contributed by atoms with Gasteiger partial charge in [0.25, 0.3) is 0 Å². The number of aromatic hydroxyl groups is 2. The van der Waals surface area contributed by atoms with E-state index in [4.69, 9.17) is 4.74 Å². The first-order valence-corrected chi connectivity index (χ1v) is 6.77. The minimum Gasteiger partial charge on any atom is -0.508 e. The number of rotatable bonds is 3. The number of ether oxygens (including phenoxy) is 1. The number of alkyl halides is 3. The zero-order valence-electron chi connectivity index (χ0n) is 12.0. The number of para-hydroxylation sites is 1. The van der Waals surface area contributed by atoms with Crippen LogP contribution in [0, 0.1) is 0 Å². The molecule has 1 heterocycles. The van der Waals surface area contributed by atoms with Gasteiger partial charge in [-0.1, -0.05) is 18.2 Å². The van der Waals surface area contributed by atoms with Crippen LogP contribution in [0.25, 0.3) is 11.3 Å². The number of halogens is 3. The Balaban J connectivity index is 2.14. The number of hydrogen-bond acceptors (Lipinski definition) is 4. The summed E-state index contributed by atoms with van der Waals surface area (Å²) < 4.78 is 44.9. The summed E-state index contributed by atoms with van der Waals surface area (Å²) in [5.41, 5.74) is -1.40. The van der Waals surface area contributed by atoms with E-state index >= 15 is 0 Å². The number of hydrogen-bond donors (Lipinski definition) is 3. The fourth-order valence-electron chi connectivity index (χ4n) is 2.13. The minimum absolute atomic E-state index is 0.00881. The molecule has 0 bridgehead atoms. The Bertz CT molecular complexity index is 861. The summed E-state index contributed by atoms with van der Waals surface area (Å²) in [6.07, 6.45) is -4.72. The Labute approximate surface area is 134 Å². The van der Waals surface area contributed by atoms with Crippen LogP contribution in [0.15, 0.2) is 48.5 Å². The summed E-state index contributed by atoms with van der Waals surface area (Å²) in [5, 5.41) is 24.7. The number of nitrogens with zero attached hydrogens (tertiary/aromatic N) is 1. The normalized spacial score (nSPS) is 11.5. The van der Waals surface area contributed by atoms with Crippen LogP contribution in [0.1, 0.15) is 5.69 Å². The number of phenols is 2. The van der Waals surface area contributed by atoms with Gasteiger partial charge in [-0.3, -0.25) is 5.10 Å². The van der Waals surface area contributed by atoms with Gasteiger partial charge in [0, 0.05) is 11.6 Å². The van der Waals surface area contributed by atoms with Gasteiger partial charge in [0.1, 0.15) is 22.9 Å². The maximum atomic E-state index is 13.2. The maximum Gasteiger partial charge on any atom is 0.436 e. The van der Waals surface area contributed by atoms with Crippen LogP contribution in [0.3, 0.4) is 0 Å². The smallest absolute Gasteiger partial charge is 0.436 e. The molecular weight excluding hydrogens is 325 g/mol. The molecule has 0 spiro atoms. The van der Waals surface area contributed by atoms with E-state index in [1.807, 2.05) is 5.10 Å². The van der Waals surface area contributed by atoms with Gasteiger partial charge in [-0.25, -0.2) is 0 Å².